The Bertz CT molecular complexity index is 1010. The molecule has 0 saturated heterocycles. The highest BCUT2D eigenvalue weighted by Crippen LogP contribution is 2.29. The maximum Gasteiger partial charge on any atom is 0.244 e. The second-order valence-corrected chi connectivity index (χ2v) is 9.79. The number of hydrogen-bond donors (Lipinski definition) is 1. The van der Waals surface area contributed by atoms with Gasteiger partial charge in [-0.05, 0) is 55.7 Å². The molecule has 0 saturated carbocycles. The average molecular weight is 473 g/mol. The number of carbonyl (C=O) groups excluding carboxylic acids is 1. The zero-order chi connectivity index (χ0) is 22.6. The van der Waals surface area contributed by atoms with Crippen molar-refractivity contribution in [3.05, 3.63) is 57.6 Å². The van der Waals surface area contributed by atoms with Gasteiger partial charge >= 0.3 is 0 Å². The molecule has 0 aliphatic carbocycles. The number of hydrogen-bond acceptors (Lipinski definition) is 4. The molecular weight excluding hydrogens is 447 g/mol. The van der Waals surface area contributed by atoms with Gasteiger partial charge in [-0.15, -0.1) is 0 Å². The number of anilines is 1. The largest absolute Gasteiger partial charge is 0.496 e. The number of methoxy groups -OCH3 is 1. The molecule has 2 atom stereocenters. The van der Waals surface area contributed by atoms with Crippen LogP contribution in [0.3, 0.4) is 0 Å². The quantitative estimate of drug-likeness (QED) is 0.602. The Balaban J connectivity index is 2.33. The molecule has 1 amide bonds. The van der Waals surface area contributed by atoms with Crippen LogP contribution in [-0.2, 0) is 14.8 Å². The summed E-state index contributed by atoms with van der Waals surface area (Å²) in [5.41, 5.74) is 2.08. The molecular formula is C21H26Cl2N2O4S. The molecule has 2 aromatic rings. The molecule has 0 bridgehead atoms. The normalized spacial score (nSPS) is 13.4. The van der Waals surface area contributed by atoms with Crippen LogP contribution in [0.15, 0.2) is 36.4 Å². The van der Waals surface area contributed by atoms with Crippen LogP contribution in [0.1, 0.15) is 37.4 Å². The van der Waals surface area contributed by atoms with Gasteiger partial charge in [-0.3, -0.25) is 9.10 Å². The molecule has 0 radical (unpaired) electrons. The number of nitrogens with one attached hydrogen (secondary N) is 1. The smallest absolute Gasteiger partial charge is 0.244 e. The highest BCUT2D eigenvalue weighted by Gasteiger charge is 2.30. The van der Waals surface area contributed by atoms with Gasteiger partial charge in [0.2, 0.25) is 15.9 Å². The van der Waals surface area contributed by atoms with Gasteiger partial charge in [0.25, 0.3) is 0 Å². The molecule has 30 heavy (non-hydrogen) atoms. The van der Waals surface area contributed by atoms with E-state index in [1.54, 1.807) is 7.11 Å². The fourth-order valence-corrected chi connectivity index (χ4v) is 4.98. The lowest BCUT2D eigenvalue weighted by atomic mass is 10.0. The van der Waals surface area contributed by atoms with Crippen molar-refractivity contribution in [3.8, 4) is 5.75 Å². The van der Waals surface area contributed by atoms with Crippen molar-refractivity contribution in [2.24, 2.45) is 0 Å². The summed E-state index contributed by atoms with van der Waals surface area (Å²) in [5.74, 6) is 0.325. The minimum Gasteiger partial charge on any atom is -0.496 e. The van der Waals surface area contributed by atoms with Crippen molar-refractivity contribution in [2.45, 2.75) is 39.3 Å². The van der Waals surface area contributed by atoms with Crippen molar-refractivity contribution in [1.29, 1.82) is 0 Å². The maximum atomic E-state index is 13.0. The van der Waals surface area contributed by atoms with Crippen LogP contribution in [0, 0.1) is 6.92 Å². The number of benzene rings is 2. The summed E-state index contributed by atoms with van der Waals surface area (Å²) in [4.78, 5) is 13.0. The van der Waals surface area contributed by atoms with Crippen molar-refractivity contribution < 1.29 is 17.9 Å². The average Bonchev–Trinajstić information content (AvgIpc) is 2.63. The van der Waals surface area contributed by atoms with Crippen molar-refractivity contribution in [3.63, 3.8) is 0 Å². The van der Waals surface area contributed by atoms with Crippen molar-refractivity contribution >= 4 is 44.8 Å². The van der Waals surface area contributed by atoms with Crippen LogP contribution < -0.4 is 14.4 Å². The number of aryl methyl sites for hydroxylation is 1. The van der Waals surface area contributed by atoms with Gasteiger partial charge in [-0.25, -0.2) is 8.42 Å². The van der Waals surface area contributed by atoms with Crippen LogP contribution in [0.25, 0.3) is 0 Å². The number of carbonyl (C=O) groups is 1. The van der Waals surface area contributed by atoms with Crippen LogP contribution in [0.2, 0.25) is 10.0 Å². The Morgan fingerprint density at radius 1 is 1.17 bits per heavy atom. The van der Waals surface area contributed by atoms with E-state index in [1.807, 2.05) is 32.0 Å². The molecule has 6 nitrogen and oxygen atoms in total. The minimum atomic E-state index is -3.78. The maximum absolute atomic E-state index is 13.0. The second-order valence-electron chi connectivity index (χ2n) is 7.06. The predicted molar refractivity (Wildman–Crippen MR) is 122 cm³/mol. The number of nitrogens with zero attached hydrogens (tertiary/aromatic N) is 1. The van der Waals surface area contributed by atoms with Gasteiger partial charge in [-0.1, -0.05) is 42.3 Å². The van der Waals surface area contributed by atoms with Crippen molar-refractivity contribution in [2.75, 3.05) is 17.7 Å². The molecule has 9 heteroatoms. The molecule has 0 aliphatic rings. The highest BCUT2D eigenvalue weighted by atomic mass is 35.5. The molecule has 1 N–H and O–H groups in total. The van der Waals surface area contributed by atoms with Crippen LogP contribution in [0.5, 0.6) is 5.75 Å². The van der Waals surface area contributed by atoms with E-state index < -0.39 is 22.0 Å². The van der Waals surface area contributed by atoms with Gasteiger partial charge in [0.05, 0.1) is 25.1 Å². The Morgan fingerprint density at radius 2 is 1.77 bits per heavy atom. The standard InChI is InChI=1S/C21H26Cl2N2O4S/c1-6-19(15-7-8-20(29-4)13(2)9-15)24-21(26)14(3)25(30(5,27)28)18-11-16(22)10-17(23)12-18/h7-12,14,19H,6H2,1-5H3,(H,24,26)/t14-,19-/m1/s1. The van der Waals surface area contributed by atoms with Gasteiger partial charge in [0.15, 0.2) is 0 Å². The lowest BCUT2D eigenvalue weighted by Gasteiger charge is -2.30. The topological polar surface area (TPSA) is 75.7 Å². The Hall–Kier alpha value is -1.96. The van der Waals surface area contributed by atoms with E-state index in [-0.39, 0.29) is 21.8 Å². The lowest BCUT2D eigenvalue weighted by Crippen LogP contribution is -2.48. The summed E-state index contributed by atoms with van der Waals surface area (Å²) < 4.78 is 31.3. The van der Waals surface area contributed by atoms with Crippen LogP contribution >= 0.6 is 23.2 Å². The molecule has 0 fully saturated rings. The number of ether oxygens (including phenoxy) is 1. The first-order valence-corrected chi connectivity index (χ1v) is 12.0. The van der Waals surface area contributed by atoms with Crippen molar-refractivity contribution in [1.82, 2.24) is 5.32 Å². The summed E-state index contributed by atoms with van der Waals surface area (Å²) in [5, 5.41) is 3.50. The fourth-order valence-electron chi connectivity index (χ4n) is 3.31. The zero-order valence-corrected chi connectivity index (χ0v) is 19.9. The summed E-state index contributed by atoms with van der Waals surface area (Å²) in [6, 6.07) is 8.80. The zero-order valence-electron chi connectivity index (χ0n) is 17.6. The molecule has 0 spiro atoms. The molecule has 0 aliphatic heterocycles. The molecule has 2 rings (SSSR count). The van der Waals surface area contributed by atoms with Gasteiger partial charge in [0, 0.05) is 10.0 Å². The molecule has 2 aromatic carbocycles. The Kier molecular flexibility index (Phi) is 8.02. The van der Waals surface area contributed by atoms with Crippen LogP contribution in [-0.4, -0.2) is 33.7 Å². The van der Waals surface area contributed by atoms with E-state index >= 15 is 0 Å². The molecule has 0 unspecified atom stereocenters. The van der Waals surface area contributed by atoms with E-state index in [2.05, 4.69) is 5.32 Å². The monoisotopic (exact) mass is 472 g/mol. The van der Waals surface area contributed by atoms with Gasteiger partial charge in [-0.2, -0.15) is 0 Å². The van der Waals surface area contributed by atoms with E-state index in [4.69, 9.17) is 27.9 Å². The lowest BCUT2D eigenvalue weighted by molar-refractivity contribution is -0.122. The molecule has 0 heterocycles. The summed E-state index contributed by atoms with van der Waals surface area (Å²) in [6.45, 7) is 5.39. The fraction of sp³-hybridized carbons (Fsp3) is 0.381. The number of amides is 1. The first-order valence-electron chi connectivity index (χ1n) is 9.38. The van der Waals surface area contributed by atoms with E-state index in [1.165, 1.54) is 25.1 Å². The van der Waals surface area contributed by atoms with E-state index in [0.29, 0.717) is 6.42 Å². The predicted octanol–water partition coefficient (Wildman–Crippen LogP) is 4.73. The summed E-state index contributed by atoms with van der Waals surface area (Å²) in [7, 11) is -2.18. The second kappa shape index (κ2) is 9.90. The Morgan fingerprint density at radius 3 is 2.23 bits per heavy atom. The van der Waals surface area contributed by atoms with E-state index in [0.717, 1.165) is 27.4 Å². The van der Waals surface area contributed by atoms with E-state index in [9.17, 15) is 13.2 Å². The first kappa shape index (κ1) is 24.3. The molecule has 0 aromatic heterocycles. The third kappa shape index (κ3) is 5.80. The number of rotatable bonds is 8. The summed E-state index contributed by atoms with van der Waals surface area (Å²) in [6.07, 6.45) is 1.67. The SMILES string of the molecule is CC[C@@H](NC(=O)[C@@H](C)N(c1cc(Cl)cc(Cl)c1)S(C)(=O)=O)c1ccc(OC)c(C)c1. The van der Waals surface area contributed by atoms with Crippen LogP contribution in [0.4, 0.5) is 5.69 Å². The molecule has 164 valence electrons. The Labute approximate surface area is 188 Å². The third-order valence-electron chi connectivity index (χ3n) is 4.74. The number of halogens is 2. The first-order chi connectivity index (χ1) is 14.0. The number of sulfonamides is 1. The highest BCUT2D eigenvalue weighted by molar-refractivity contribution is 7.92. The summed E-state index contributed by atoms with van der Waals surface area (Å²) >= 11 is 12.1. The van der Waals surface area contributed by atoms with Gasteiger partial charge < -0.3 is 10.1 Å². The minimum absolute atomic E-state index is 0.228. The van der Waals surface area contributed by atoms with Gasteiger partial charge in [0.1, 0.15) is 11.8 Å². The third-order valence-corrected chi connectivity index (χ3v) is 6.41.